The van der Waals surface area contributed by atoms with Crippen LogP contribution in [0.4, 0.5) is 0 Å². The quantitative estimate of drug-likeness (QED) is 0.404. The van der Waals surface area contributed by atoms with Crippen LogP contribution in [0.2, 0.25) is 0 Å². The number of hydrogen-bond acceptors (Lipinski definition) is 5. The zero-order valence-electron chi connectivity index (χ0n) is 20.7. The molecular weight excluding hydrogens is 460 g/mol. The van der Waals surface area contributed by atoms with Gasteiger partial charge >= 0.3 is 0 Å². The molecule has 1 unspecified atom stereocenters. The van der Waals surface area contributed by atoms with Crippen molar-refractivity contribution in [1.82, 2.24) is 20.1 Å². The fourth-order valence-corrected chi connectivity index (χ4v) is 4.68. The maximum absolute atomic E-state index is 13.0. The minimum atomic E-state index is -0.121. The molecule has 35 heavy (non-hydrogen) atoms. The molecule has 0 aliphatic carbocycles. The number of nitrogens with one attached hydrogen (secondary N) is 2. The number of thiocarbonyl (C=S) groups is 1. The molecule has 1 aromatic heterocycles. The minimum Gasteiger partial charge on any atom is -0.454 e. The SMILES string of the molecule is CCN(CC)CCCN(Cc1cc2cc3c(cc2[nH]c1=O)OCO3)C(=S)NC(C)c1ccccc1. The second-order valence-corrected chi connectivity index (χ2v) is 9.19. The van der Waals surface area contributed by atoms with Crippen molar-refractivity contribution in [1.29, 1.82) is 0 Å². The van der Waals surface area contributed by atoms with Gasteiger partial charge in [0.05, 0.1) is 18.1 Å². The zero-order valence-corrected chi connectivity index (χ0v) is 21.5. The molecule has 2 aromatic carbocycles. The van der Waals surface area contributed by atoms with Crippen molar-refractivity contribution in [3.63, 3.8) is 0 Å². The molecule has 186 valence electrons. The van der Waals surface area contributed by atoms with Crippen LogP contribution in [0.3, 0.4) is 0 Å². The van der Waals surface area contributed by atoms with Crippen molar-refractivity contribution >= 4 is 28.2 Å². The number of nitrogens with zero attached hydrogens (tertiary/aromatic N) is 2. The summed E-state index contributed by atoms with van der Waals surface area (Å²) in [6, 6.07) is 15.9. The van der Waals surface area contributed by atoms with Gasteiger partial charge in [0.15, 0.2) is 16.6 Å². The summed E-state index contributed by atoms with van der Waals surface area (Å²) in [6.45, 7) is 10.8. The standard InChI is InChI=1S/C27H34N4O3S/c1-4-30(5-2)12-9-13-31(27(35)28-19(3)20-10-7-6-8-11-20)17-22-14-21-15-24-25(34-18-33-24)16-23(21)29-26(22)32/h6-8,10-11,14-16,19H,4-5,9,12-13,17-18H2,1-3H3,(H,28,35)(H,29,32). The van der Waals surface area contributed by atoms with Gasteiger partial charge < -0.3 is 29.6 Å². The van der Waals surface area contributed by atoms with E-state index in [1.54, 1.807) is 0 Å². The van der Waals surface area contributed by atoms with Gasteiger partial charge in [0.2, 0.25) is 6.79 Å². The molecule has 0 fully saturated rings. The molecule has 4 rings (SSSR count). The van der Waals surface area contributed by atoms with Crippen molar-refractivity contribution in [2.24, 2.45) is 0 Å². The van der Waals surface area contributed by atoms with E-state index in [1.165, 1.54) is 0 Å². The van der Waals surface area contributed by atoms with Gasteiger partial charge in [-0.25, -0.2) is 0 Å². The first-order valence-electron chi connectivity index (χ1n) is 12.3. The summed E-state index contributed by atoms with van der Waals surface area (Å²) in [6.07, 6.45) is 0.952. The Labute approximate surface area is 212 Å². The number of hydrogen-bond donors (Lipinski definition) is 2. The number of aromatic nitrogens is 1. The smallest absolute Gasteiger partial charge is 0.253 e. The van der Waals surface area contributed by atoms with Gasteiger partial charge in [0, 0.05) is 23.6 Å². The molecule has 0 bridgehead atoms. The number of pyridine rings is 1. The van der Waals surface area contributed by atoms with E-state index in [4.69, 9.17) is 21.7 Å². The lowest BCUT2D eigenvalue weighted by Crippen LogP contribution is -2.42. The van der Waals surface area contributed by atoms with Gasteiger partial charge in [-0.05, 0) is 62.9 Å². The van der Waals surface area contributed by atoms with Crippen LogP contribution >= 0.6 is 12.2 Å². The summed E-state index contributed by atoms with van der Waals surface area (Å²) in [5.41, 5.74) is 2.44. The fraction of sp³-hybridized carbons (Fsp3) is 0.407. The molecule has 7 nitrogen and oxygen atoms in total. The molecule has 0 amide bonds. The van der Waals surface area contributed by atoms with Gasteiger partial charge in [0.1, 0.15) is 0 Å². The molecule has 2 N–H and O–H groups in total. The lowest BCUT2D eigenvalue weighted by Gasteiger charge is -2.29. The highest BCUT2D eigenvalue weighted by atomic mass is 32.1. The summed E-state index contributed by atoms with van der Waals surface area (Å²) < 4.78 is 11.0. The largest absolute Gasteiger partial charge is 0.454 e. The average molecular weight is 495 g/mol. The summed E-state index contributed by atoms with van der Waals surface area (Å²) in [4.78, 5) is 20.5. The third-order valence-electron chi connectivity index (χ3n) is 6.50. The second kappa shape index (κ2) is 11.6. The molecule has 0 radical (unpaired) electrons. The van der Waals surface area contributed by atoms with Crippen LogP contribution in [0, 0.1) is 0 Å². The van der Waals surface area contributed by atoms with E-state index in [1.807, 2.05) is 36.4 Å². The molecule has 0 spiro atoms. The lowest BCUT2D eigenvalue weighted by molar-refractivity contribution is 0.174. The van der Waals surface area contributed by atoms with Gasteiger partial charge in [-0.3, -0.25) is 4.79 Å². The first-order valence-corrected chi connectivity index (χ1v) is 12.7. The molecule has 8 heteroatoms. The van der Waals surface area contributed by atoms with Crippen molar-refractivity contribution in [2.75, 3.05) is 33.0 Å². The topological polar surface area (TPSA) is 69.8 Å². The van der Waals surface area contributed by atoms with E-state index in [2.05, 4.69) is 53.0 Å². The Balaban J connectivity index is 1.54. The molecule has 0 saturated heterocycles. The van der Waals surface area contributed by atoms with E-state index >= 15 is 0 Å². The summed E-state index contributed by atoms with van der Waals surface area (Å²) in [5.74, 6) is 1.35. The van der Waals surface area contributed by atoms with E-state index in [9.17, 15) is 4.79 Å². The van der Waals surface area contributed by atoms with Gasteiger partial charge in [-0.2, -0.15) is 0 Å². The normalized spacial score (nSPS) is 13.3. The number of aromatic amines is 1. The first-order chi connectivity index (χ1) is 17.0. The van der Waals surface area contributed by atoms with Crippen LogP contribution in [0.5, 0.6) is 11.5 Å². The van der Waals surface area contributed by atoms with Crippen LogP contribution in [0.25, 0.3) is 10.9 Å². The Bertz CT molecular complexity index is 1210. The van der Waals surface area contributed by atoms with Gasteiger partial charge in [-0.15, -0.1) is 0 Å². The Hall–Kier alpha value is -3.10. The van der Waals surface area contributed by atoms with E-state index in [0.717, 1.165) is 49.1 Å². The highest BCUT2D eigenvalue weighted by Gasteiger charge is 2.18. The molecular formula is C27H34N4O3S. The molecule has 1 aliphatic rings. The van der Waals surface area contributed by atoms with E-state index in [-0.39, 0.29) is 18.4 Å². The summed E-state index contributed by atoms with van der Waals surface area (Å²) >= 11 is 5.84. The minimum absolute atomic E-state index is 0.0589. The fourth-order valence-electron chi connectivity index (χ4n) is 4.34. The Morgan fingerprint density at radius 1 is 1.09 bits per heavy atom. The Morgan fingerprint density at radius 2 is 1.80 bits per heavy atom. The van der Waals surface area contributed by atoms with E-state index in [0.29, 0.717) is 28.7 Å². The number of fused-ring (bicyclic) bond motifs is 2. The summed E-state index contributed by atoms with van der Waals surface area (Å²) in [7, 11) is 0. The maximum atomic E-state index is 13.0. The van der Waals surface area contributed by atoms with Crippen LogP contribution in [-0.2, 0) is 6.54 Å². The monoisotopic (exact) mass is 494 g/mol. The highest BCUT2D eigenvalue weighted by molar-refractivity contribution is 7.80. The second-order valence-electron chi connectivity index (χ2n) is 8.80. The molecule has 3 aromatic rings. The van der Waals surface area contributed by atoms with Crippen molar-refractivity contribution in [3.8, 4) is 11.5 Å². The average Bonchev–Trinajstić information content (AvgIpc) is 3.32. The van der Waals surface area contributed by atoms with E-state index < -0.39 is 0 Å². The Kier molecular flexibility index (Phi) is 8.25. The third-order valence-corrected chi connectivity index (χ3v) is 6.88. The third kappa shape index (κ3) is 6.13. The predicted octanol–water partition coefficient (Wildman–Crippen LogP) is 4.43. The molecule has 0 saturated carbocycles. The molecule has 2 heterocycles. The number of ether oxygens (including phenoxy) is 2. The van der Waals surface area contributed by atoms with Crippen LogP contribution in [0.1, 0.15) is 44.4 Å². The van der Waals surface area contributed by atoms with Crippen molar-refractivity contribution in [3.05, 3.63) is 70.0 Å². The number of benzene rings is 2. The predicted molar refractivity (Wildman–Crippen MR) is 144 cm³/mol. The van der Waals surface area contributed by atoms with Crippen LogP contribution in [-0.4, -0.2) is 52.9 Å². The van der Waals surface area contributed by atoms with Crippen molar-refractivity contribution in [2.45, 2.75) is 39.8 Å². The molecule has 1 atom stereocenters. The lowest BCUT2D eigenvalue weighted by atomic mass is 10.1. The zero-order chi connectivity index (χ0) is 24.8. The van der Waals surface area contributed by atoms with Crippen LogP contribution in [0.15, 0.2) is 53.3 Å². The summed E-state index contributed by atoms with van der Waals surface area (Å²) in [5, 5.41) is 5.02. The van der Waals surface area contributed by atoms with Crippen molar-refractivity contribution < 1.29 is 9.47 Å². The van der Waals surface area contributed by atoms with Gasteiger partial charge in [-0.1, -0.05) is 44.2 Å². The first kappa shape index (κ1) is 25.0. The molecule has 1 aliphatic heterocycles. The Morgan fingerprint density at radius 3 is 2.51 bits per heavy atom. The van der Waals surface area contributed by atoms with Crippen LogP contribution < -0.4 is 20.3 Å². The maximum Gasteiger partial charge on any atom is 0.253 e. The van der Waals surface area contributed by atoms with Gasteiger partial charge in [0.25, 0.3) is 5.56 Å². The number of H-pyrrole nitrogens is 1. The highest BCUT2D eigenvalue weighted by Crippen LogP contribution is 2.35. The number of rotatable bonds is 10.